The van der Waals surface area contributed by atoms with Gasteiger partial charge in [0, 0.05) is 12.1 Å². The van der Waals surface area contributed by atoms with Gasteiger partial charge in [-0.1, -0.05) is 17.3 Å². The number of aromatic nitrogens is 1. The number of aryl methyl sites for hydroxylation is 1. The predicted molar refractivity (Wildman–Crippen MR) is 76.3 cm³/mol. The highest BCUT2D eigenvalue weighted by molar-refractivity contribution is 5.94. The van der Waals surface area contributed by atoms with Crippen LogP contribution in [0.1, 0.15) is 11.3 Å². The first-order valence-electron chi connectivity index (χ1n) is 6.36. The molecule has 22 heavy (non-hydrogen) atoms. The first kappa shape index (κ1) is 15.4. The highest BCUT2D eigenvalue weighted by atomic mass is 19.1. The van der Waals surface area contributed by atoms with Crippen molar-refractivity contribution in [3.63, 3.8) is 0 Å². The molecule has 1 aromatic carbocycles. The summed E-state index contributed by atoms with van der Waals surface area (Å²) in [5.74, 6) is -0.776. The van der Waals surface area contributed by atoms with E-state index in [-0.39, 0.29) is 11.6 Å². The van der Waals surface area contributed by atoms with Gasteiger partial charge in [0.1, 0.15) is 11.6 Å². The number of amides is 1. The van der Waals surface area contributed by atoms with Crippen LogP contribution in [-0.4, -0.2) is 23.6 Å². The minimum Gasteiger partial charge on any atom is -0.452 e. The van der Waals surface area contributed by atoms with Crippen molar-refractivity contribution in [2.45, 2.75) is 6.92 Å². The molecule has 2 rings (SSSR count). The summed E-state index contributed by atoms with van der Waals surface area (Å²) in [7, 11) is 0. The first-order valence-corrected chi connectivity index (χ1v) is 6.36. The lowest BCUT2D eigenvalue weighted by Gasteiger charge is -2.01. The maximum Gasteiger partial charge on any atom is 0.331 e. The number of esters is 1. The molecule has 0 aliphatic rings. The Labute approximate surface area is 125 Å². The third-order valence-corrected chi connectivity index (χ3v) is 2.52. The van der Waals surface area contributed by atoms with E-state index in [0.29, 0.717) is 11.3 Å². The Morgan fingerprint density at radius 3 is 2.73 bits per heavy atom. The highest BCUT2D eigenvalue weighted by Gasteiger charge is 2.08. The van der Waals surface area contributed by atoms with E-state index in [2.05, 4.69) is 10.5 Å². The van der Waals surface area contributed by atoms with Crippen LogP contribution in [0.2, 0.25) is 0 Å². The van der Waals surface area contributed by atoms with Gasteiger partial charge < -0.3 is 14.6 Å². The molecule has 7 heteroatoms. The van der Waals surface area contributed by atoms with Crippen molar-refractivity contribution in [1.29, 1.82) is 0 Å². The average Bonchev–Trinajstić information content (AvgIpc) is 2.89. The molecule has 2 aromatic rings. The van der Waals surface area contributed by atoms with Gasteiger partial charge in [-0.05, 0) is 30.7 Å². The smallest absolute Gasteiger partial charge is 0.331 e. The molecular weight excluding hydrogens is 291 g/mol. The molecule has 0 aliphatic carbocycles. The average molecular weight is 304 g/mol. The Bertz CT molecular complexity index is 692. The van der Waals surface area contributed by atoms with Gasteiger partial charge in [-0.2, -0.15) is 0 Å². The summed E-state index contributed by atoms with van der Waals surface area (Å²) in [5.41, 5.74) is 0.640. The number of anilines is 1. The summed E-state index contributed by atoms with van der Waals surface area (Å²) in [4.78, 5) is 22.9. The fourth-order valence-electron chi connectivity index (χ4n) is 1.53. The second-order valence-corrected chi connectivity index (χ2v) is 4.36. The van der Waals surface area contributed by atoms with Crippen LogP contribution >= 0.6 is 0 Å². The minimum absolute atomic E-state index is 0.250. The van der Waals surface area contributed by atoms with Crippen LogP contribution in [0.15, 0.2) is 40.9 Å². The highest BCUT2D eigenvalue weighted by Crippen LogP contribution is 2.07. The molecule has 0 fully saturated rings. The molecule has 1 N–H and O–H groups in total. The second-order valence-electron chi connectivity index (χ2n) is 4.36. The van der Waals surface area contributed by atoms with E-state index < -0.39 is 18.5 Å². The lowest BCUT2D eigenvalue weighted by Crippen LogP contribution is -2.20. The van der Waals surface area contributed by atoms with Crippen LogP contribution in [0, 0.1) is 12.7 Å². The maximum atomic E-state index is 12.7. The molecule has 1 amide bonds. The van der Waals surface area contributed by atoms with Gasteiger partial charge in [-0.15, -0.1) is 0 Å². The summed E-state index contributed by atoms with van der Waals surface area (Å²) < 4.78 is 22.2. The fraction of sp³-hybridized carbons (Fsp3) is 0.133. The number of rotatable bonds is 5. The zero-order valence-corrected chi connectivity index (χ0v) is 11.7. The molecule has 0 bridgehead atoms. The Morgan fingerprint density at radius 1 is 1.36 bits per heavy atom. The summed E-state index contributed by atoms with van der Waals surface area (Å²) in [5, 5.41) is 5.99. The molecular formula is C15H13FN2O4. The van der Waals surface area contributed by atoms with E-state index >= 15 is 0 Å². The van der Waals surface area contributed by atoms with Crippen LogP contribution < -0.4 is 5.32 Å². The van der Waals surface area contributed by atoms with Crippen LogP contribution in [0.4, 0.5) is 10.2 Å². The van der Waals surface area contributed by atoms with Crippen molar-refractivity contribution in [2.75, 3.05) is 11.9 Å². The summed E-state index contributed by atoms with van der Waals surface area (Å²) in [6.07, 6.45) is 2.61. The quantitative estimate of drug-likeness (QED) is 0.677. The zero-order valence-electron chi connectivity index (χ0n) is 11.7. The normalized spacial score (nSPS) is 10.6. The van der Waals surface area contributed by atoms with E-state index in [0.717, 1.165) is 6.08 Å². The second kappa shape index (κ2) is 7.16. The van der Waals surface area contributed by atoms with E-state index in [9.17, 15) is 14.0 Å². The largest absolute Gasteiger partial charge is 0.452 e. The number of nitrogens with one attached hydrogen (secondary N) is 1. The number of halogens is 1. The molecule has 6 nitrogen and oxygen atoms in total. The van der Waals surface area contributed by atoms with Crippen molar-refractivity contribution in [3.8, 4) is 0 Å². The van der Waals surface area contributed by atoms with E-state index in [1.165, 1.54) is 36.4 Å². The first-order chi connectivity index (χ1) is 10.5. The maximum absolute atomic E-state index is 12.7. The molecule has 0 aliphatic heterocycles. The number of benzene rings is 1. The lowest BCUT2D eigenvalue weighted by atomic mass is 10.2. The van der Waals surface area contributed by atoms with Gasteiger partial charge in [0.05, 0.1) is 0 Å². The van der Waals surface area contributed by atoms with Crippen molar-refractivity contribution < 1.29 is 23.2 Å². The van der Waals surface area contributed by atoms with Crippen LogP contribution in [0.5, 0.6) is 0 Å². The molecule has 0 saturated carbocycles. The summed E-state index contributed by atoms with van der Waals surface area (Å²) in [6.45, 7) is 1.24. The Kier molecular flexibility index (Phi) is 5.02. The molecule has 0 radical (unpaired) electrons. The molecule has 0 unspecified atom stereocenters. The Hall–Kier alpha value is -2.96. The summed E-state index contributed by atoms with van der Waals surface area (Å²) >= 11 is 0. The van der Waals surface area contributed by atoms with Gasteiger partial charge >= 0.3 is 5.97 Å². The van der Waals surface area contributed by atoms with Gasteiger partial charge in [-0.25, -0.2) is 9.18 Å². The van der Waals surface area contributed by atoms with Crippen molar-refractivity contribution >= 4 is 23.8 Å². The van der Waals surface area contributed by atoms with Crippen LogP contribution in [-0.2, 0) is 14.3 Å². The van der Waals surface area contributed by atoms with Crippen molar-refractivity contribution in [3.05, 3.63) is 53.5 Å². The van der Waals surface area contributed by atoms with Crippen molar-refractivity contribution in [2.24, 2.45) is 0 Å². The molecule has 0 saturated heterocycles. The number of hydrogen-bond donors (Lipinski definition) is 1. The zero-order chi connectivity index (χ0) is 15.9. The molecule has 1 aromatic heterocycles. The number of carbonyl (C=O) groups excluding carboxylic acids is 2. The Morgan fingerprint density at radius 2 is 2.09 bits per heavy atom. The molecule has 114 valence electrons. The minimum atomic E-state index is -0.684. The SMILES string of the molecule is Cc1cc(NC(=O)COC(=O)/C=C/c2ccc(F)cc2)no1. The predicted octanol–water partition coefficient (Wildman–Crippen LogP) is 2.32. The van der Waals surface area contributed by atoms with E-state index in [1.54, 1.807) is 6.92 Å². The number of carbonyl (C=O) groups is 2. The fourth-order valence-corrected chi connectivity index (χ4v) is 1.53. The molecule has 0 atom stereocenters. The van der Waals surface area contributed by atoms with Gasteiger partial charge in [0.25, 0.3) is 5.91 Å². The third kappa shape index (κ3) is 4.86. The molecule has 1 heterocycles. The molecule has 0 spiro atoms. The summed E-state index contributed by atoms with van der Waals surface area (Å²) in [6, 6.07) is 7.11. The topological polar surface area (TPSA) is 81.4 Å². The monoisotopic (exact) mass is 304 g/mol. The van der Waals surface area contributed by atoms with E-state index in [1.807, 2.05) is 0 Å². The number of hydrogen-bond acceptors (Lipinski definition) is 5. The standard InChI is InChI=1S/C15H13FN2O4/c1-10-8-13(18-22-10)17-14(19)9-21-15(20)7-4-11-2-5-12(16)6-3-11/h2-8H,9H2,1H3,(H,17,18,19)/b7-4+. The van der Waals surface area contributed by atoms with Gasteiger partial charge in [-0.3, -0.25) is 4.79 Å². The van der Waals surface area contributed by atoms with Crippen LogP contribution in [0.3, 0.4) is 0 Å². The van der Waals surface area contributed by atoms with Gasteiger partial charge in [0.15, 0.2) is 12.4 Å². The van der Waals surface area contributed by atoms with Gasteiger partial charge in [0.2, 0.25) is 0 Å². The van der Waals surface area contributed by atoms with Crippen molar-refractivity contribution in [1.82, 2.24) is 5.16 Å². The van der Waals surface area contributed by atoms with E-state index in [4.69, 9.17) is 9.26 Å². The number of nitrogens with zero attached hydrogens (tertiary/aromatic N) is 1. The number of ether oxygens (including phenoxy) is 1. The lowest BCUT2D eigenvalue weighted by molar-refractivity contribution is -0.142. The third-order valence-electron chi connectivity index (χ3n) is 2.52. The van der Waals surface area contributed by atoms with Crippen LogP contribution in [0.25, 0.3) is 6.08 Å². The Balaban J connectivity index is 1.77.